The normalized spacial score (nSPS) is 20.1. The molecule has 0 aliphatic carbocycles. The van der Waals surface area contributed by atoms with Crippen LogP contribution < -0.4 is 10.6 Å². The molecule has 1 aliphatic rings. The zero-order chi connectivity index (χ0) is 13.8. The van der Waals surface area contributed by atoms with Gasteiger partial charge in [0.2, 0.25) is 0 Å². The number of hydrogen-bond donors (Lipinski definition) is 1. The van der Waals surface area contributed by atoms with E-state index >= 15 is 0 Å². The van der Waals surface area contributed by atoms with Crippen LogP contribution >= 0.6 is 0 Å². The van der Waals surface area contributed by atoms with E-state index in [1.54, 1.807) is 12.1 Å². The van der Waals surface area contributed by atoms with Crippen LogP contribution in [0.5, 0.6) is 0 Å². The molecule has 5 nitrogen and oxygen atoms in total. The number of nitrogen functional groups attached to an aromatic ring is 1. The molecule has 1 aliphatic heterocycles. The molecule has 1 saturated heterocycles. The van der Waals surface area contributed by atoms with Gasteiger partial charge in [-0.3, -0.25) is 10.1 Å². The largest absolute Gasteiger partial charge is 0.393 e. The zero-order valence-electron chi connectivity index (χ0n) is 11.3. The molecule has 1 aromatic carbocycles. The second kappa shape index (κ2) is 5.91. The quantitative estimate of drug-likeness (QED) is 0.516. The lowest BCUT2D eigenvalue weighted by Gasteiger charge is -2.23. The summed E-state index contributed by atoms with van der Waals surface area (Å²) in [6.45, 7) is 4.26. The third-order valence-electron chi connectivity index (χ3n) is 4.00. The SMILES string of the molecule is CCC1CCCN(c2ccc([N+](=O)[O-])c(N)c2)CC1. The summed E-state index contributed by atoms with van der Waals surface area (Å²) < 4.78 is 0. The molecule has 0 amide bonds. The monoisotopic (exact) mass is 263 g/mol. The van der Waals surface area contributed by atoms with Crippen molar-refractivity contribution in [3.63, 3.8) is 0 Å². The number of benzene rings is 1. The minimum atomic E-state index is -0.436. The highest BCUT2D eigenvalue weighted by Gasteiger charge is 2.18. The van der Waals surface area contributed by atoms with E-state index in [1.165, 1.54) is 31.7 Å². The lowest BCUT2D eigenvalue weighted by Crippen LogP contribution is -2.24. The van der Waals surface area contributed by atoms with Crippen LogP contribution in [0.25, 0.3) is 0 Å². The van der Waals surface area contributed by atoms with Crippen molar-refractivity contribution in [1.29, 1.82) is 0 Å². The van der Waals surface area contributed by atoms with Crippen LogP contribution in [0.1, 0.15) is 32.6 Å². The Hall–Kier alpha value is -1.78. The van der Waals surface area contributed by atoms with Gasteiger partial charge in [-0.1, -0.05) is 13.3 Å². The fourth-order valence-corrected chi connectivity index (χ4v) is 2.74. The molecular weight excluding hydrogens is 242 g/mol. The van der Waals surface area contributed by atoms with E-state index in [9.17, 15) is 10.1 Å². The molecule has 0 aromatic heterocycles. The number of hydrogen-bond acceptors (Lipinski definition) is 4. The van der Waals surface area contributed by atoms with Gasteiger partial charge in [-0.2, -0.15) is 0 Å². The van der Waals surface area contributed by atoms with Gasteiger partial charge in [0, 0.05) is 24.8 Å². The molecule has 1 heterocycles. The average Bonchev–Trinajstić information content (AvgIpc) is 2.63. The zero-order valence-corrected chi connectivity index (χ0v) is 11.3. The van der Waals surface area contributed by atoms with Crippen molar-refractivity contribution in [3.8, 4) is 0 Å². The standard InChI is InChI=1S/C14H21N3O2/c1-2-11-4-3-8-16(9-7-11)12-5-6-14(17(18)19)13(15)10-12/h5-6,10-11H,2-4,7-9,15H2,1H3. The van der Waals surface area contributed by atoms with Crippen LogP contribution in [0.3, 0.4) is 0 Å². The Morgan fingerprint density at radius 3 is 2.84 bits per heavy atom. The van der Waals surface area contributed by atoms with Gasteiger partial charge in [0.05, 0.1) is 4.92 Å². The maximum atomic E-state index is 10.8. The maximum Gasteiger partial charge on any atom is 0.292 e. The molecule has 1 unspecified atom stereocenters. The number of rotatable bonds is 3. The van der Waals surface area contributed by atoms with E-state index in [0.717, 1.165) is 24.7 Å². The first-order chi connectivity index (χ1) is 9.11. The molecule has 0 saturated carbocycles. The van der Waals surface area contributed by atoms with Crippen LogP contribution in [0.15, 0.2) is 18.2 Å². The summed E-state index contributed by atoms with van der Waals surface area (Å²) in [7, 11) is 0. The lowest BCUT2D eigenvalue weighted by molar-refractivity contribution is -0.383. The van der Waals surface area contributed by atoms with Gasteiger partial charge in [0.25, 0.3) is 5.69 Å². The number of nitro benzene ring substituents is 1. The predicted octanol–water partition coefficient (Wildman–Crippen LogP) is 3.19. The number of nitrogens with two attached hydrogens (primary N) is 1. The van der Waals surface area contributed by atoms with Crippen LogP contribution in [0.2, 0.25) is 0 Å². The van der Waals surface area contributed by atoms with Crippen molar-refractivity contribution in [3.05, 3.63) is 28.3 Å². The van der Waals surface area contributed by atoms with Crippen LogP contribution in [-0.4, -0.2) is 18.0 Å². The third kappa shape index (κ3) is 3.16. The molecule has 104 valence electrons. The molecule has 2 rings (SSSR count). The highest BCUT2D eigenvalue weighted by atomic mass is 16.6. The lowest BCUT2D eigenvalue weighted by atomic mass is 9.98. The summed E-state index contributed by atoms with van der Waals surface area (Å²) in [5.74, 6) is 0.806. The minimum Gasteiger partial charge on any atom is -0.393 e. The summed E-state index contributed by atoms with van der Waals surface area (Å²) in [6, 6.07) is 5.04. The van der Waals surface area contributed by atoms with Crippen LogP contribution in [0.4, 0.5) is 17.1 Å². The fourth-order valence-electron chi connectivity index (χ4n) is 2.74. The van der Waals surface area contributed by atoms with Gasteiger partial charge in [-0.15, -0.1) is 0 Å². The van der Waals surface area contributed by atoms with Crippen molar-refractivity contribution in [1.82, 2.24) is 0 Å². The van der Waals surface area contributed by atoms with Crippen molar-refractivity contribution in [2.45, 2.75) is 32.6 Å². The number of nitrogens with zero attached hydrogens (tertiary/aromatic N) is 2. The molecule has 1 aromatic rings. The molecule has 19 heavy (non-hydrogen) atoms. The minimum absolute atomic E-state index is 0.00925. The van der Waals surface area contributed by atoms with E-state index in [1.807, 2.05) is 0 Å². The Kier molecular flexibility index (Phi) is 4.24. The second-order valence-electron chi connectivity index (χ2n) is 5.19. The maximum absolute atomic E-state index is 10.8. The van der Waals surface area contributed by atoms with Crippen molar-refractivity contribution in [2.24, 2.45) is 5.92 Å². The predicted molar refractivity (Wildman–Crippen MR) is 77.4 cm³/mol. The van der Waals surface area contributed by atoms with Gasteiger partial charge in [-0.25, -0.2) is 0 Å². The van der Waals surface area contributed by atoms with Crippen molar-refractivity contribution in [2.75, 3.05) is 23.7 Å². The first-order valence-corrected chi connectivity index (χ1v) is 6.90. The van der Waals surface area contributed by atoms with E-state index < -0.39 is 4.92 Å². The highest BCUT2D eigenvalue weighted by molar-refractivity contribution is 5.66. The molecular formula is C14H21N3O2. The van der Waals surface area contributed by atoms with Gasteiger partial charge in [-0.05, 0) is 37.3 Å². The Balaban J connectivity index is 2.13. The molecule has 5 heteroatoms. The second-order valence-corrected chi connectivity index (χ2v) is 5.19. The van der Waals surface area contributed by atoms with Crippen LogP contribution in [0, 0.1) is 16.0 Å². The summed E-state index contributed by atoms with van der Waals surface area (Å²) in [6.07, 6.45) is 4.87. The van der Waals surface area contributed by atoms with Gasteiger partial charge in [0.1, 0.15) is 5.69 Å². The Labute approximate surface area is 113 Å². The summed E-state index contributed by atoms with van der Waals surface area (Å²) in [4.78, 5) is 12.6. The van der Waals surface area contributed by atoms with Gasteiger partial charge < -0.3 is 10.6 Å². The van der Waals surface area contributed by atoms with Crippen molar-refractivity contribution >= 4 is 17.1 Å². The molecule has 0 bridgehead atoms. The summed E-state index contributed by atoms with van der Waals surface area (Å²) >= 11 is 0. The van der Waals surface area contributed by atoms with E-state index in [0.29, 0.717) is 0 Å². The van der Waals surface area contributed by atoms with E-state index in [2.05, 4.69) is 11.8 Å². The molecule has 0 spiro atoms. The summed E-state index contributed by atoms with van der Waals surface area (Å²) in [5.41, 5.74) is 6.99. The van der Waals surface area contributed by atoms with E-state index in [-0.39, 0.29) is 11.4 Å². The van der Waals surface area contributed by atoms with Crippen molar-refractivity contribution < 1.29 is 4.92 Å². The van der Waals surface area contributed by atoms with E-state index in [4.69, 9.17) is 5.73 Å². The number of anilines is 2. The highest BCUT2D eigenvalue weighted by Crippen LogP contribution is 2.29. The number of nitro groups is 1. The van der Waals surface area contributed by atoms with Crippen LogP contribution in [-0.2, 0) is 0 Å². The molecule has 1 fully saturated rings. The Bertz CT molecular complexity index is 462. The molecule has 0 radical (unpaired) electrons. The summed E-state index contributed by atoms with van der Waals surface area (Å²) in [5, 5.41) is 10.8. The Morgan fingerprint density at radius 2 is 2.21 bits per heavy atom. The third-order valence-corrected chi connectivity index (χ3v) is 4.00. The first-order valence-electron chi connectivity index (χ1n) is 6.90. The molecule has 1 atom stereocenters. The topological polar surface area (TPSA) is 72.4 Å². The van der Waals surface area contributed by atoms with Gasteiger partial charge in [0.15, 0.2) is 0 Å². The average molecular weight is 263 g/mol. The first kappa shape index (κ1) is 13.6. The molecule has 2 N–H and O–H groups in total. The fraction of sp³-hybridized carbons (Fsp3) is 0.571. The smallest absolute Gasteiger partial charge is 0.292 e. The Morgan fingerprint density at radius 1 is 1.42 bits per heavy atom. The van der Waals surface area contributed by atoms with Gasteiger partial charge >= 0.3 is 0 Å².